The van der Waals surface area contributed by atoms with Crippen LogP contribution in [0.1, 0.15) is 12.8 Å². The van der Waals surface area contributed by atoms with Gasteiger partial charge in [-0.25, -0.2) is 0 Å². The van der Waals surface area contributed by atoms with E-state index in [1.54, 1.807) is 11.0 Å². The Hall–Kier alpha value is -2.31. The van der Waals surface area contributed by atoms with Gasteiger partial charge in [-0.15, -0.1) is 0 Å². The predicted octanol–water partition coefficient (Wildman–Crippen LogP) is 1.66. The van der Waals surface area contributed by atoms with Crippen molar-refractivity contribution in [1.82, 2.24) is 0 Å². The van der Waals surface area contributed by atoms with Crippen LogP contribution in [0.15, 0.2) is 18.2 Å². The lowest BCUT2D eigenvalue weighted by Crippen LogP contribution is -2.31. The van der Waals surface area contributed by atoms with Gasteiger partial charge in [-0.1, -0.05) is 0 Å². The largest absolute Gasteiger partial charge is 0.490 e. The van der Waals surface area contributed by atoms with Gasteiger partial charge in [-0.3, -0.25) is 14.9 Å². The summed E-state index contributed by atoms with van der Waals surface area (Å²) in [6.45, 7) is -0.119. The zero-order valence-corrected chi connectivity index (χ0v) is 10.4. The van der Waals surface area contributed by atoms with Gasteiger partial charge in [-0.2, -0.15) is 0 Å². The molecule has 0 amide bonds. The summed E-state index contributed by atoms with van der Waals surface area (Å²) < 4.78 is 4.99. The molecule has 0 bridgehead atoms. The highest BCUT2D eigenvalue weighted by Crippen LogP contribution is 2.36. The molecule has 0 spiro atoms. The number of methoxy groups -OCH3 is 1. The molecule has 1 aromatic carbocycles. The van der Waals surface area contributed by atoms with E-state index in [9.17, 15) is 14.9 Å². The Kier molecular flexibility index (Phi) is 3.55. The summed E-state index contributed by atoms with van der Waals surface area (Å²) in [5, 5.41) is 19.7. The number of benzene rings is 1. The number of carboxylic acids is 1. The first kappa shape index (κ1) is 13.1. The second-order valence-electron chi connectivity index (χ2n) is 4.37. The van der Waals surface area contributed by atoms with E-state index in [4.69, 9.17) is 9.84 Å². The van der Waals surface area contributed by atoms with Crippen molar-refractivity contribution in [3.8, 4) is 5.75 Å². The van der Waals surface area contributed by atoms with Crippen LogP contribution in [0.4, 0.5) is 11.4 Å². The highest BCUT2D eigenvalue weighted by Gasteiger charge is 2.31. The van der Waals surface area contributed by atoms with Gasteiger partial charge in [-0.05, 0) is 18.9 Å². The van der Waals surface area contributed by atoms with Gasteiger partial charge in [0, 0.05) is 23.9 Å². The maximum Gasteiger partial charge on any atom is 0.323 e. The average Bonchev–Trinajstić information content (AvgIpc) is 3.19. The molecular formula is C12H14N2O5. The molecule has 0 aliphatic heterocycles. The molecule has 0 atom stereocenters. The lowest BCUT2D eigenvalue weighted by molar-refractivity contribution is -0.385. The Balaban J connectivity index is 2.32. The zero-order valence-electron chi connectivity index (χ0n) is 10.4. The van der Waals surface area contributed by atoms with E-state index in [-0.39, 0.29) is 24.0 Å². The average molecular weight is 266 g/mol. The van der Waals surface area contributed by atoms with E-state index in [1.165, 1.54) is 19.2 Å². The first-order valence-corrected chi connectivity index (χ1v) is 5.83. The molecular weight excluding hydrogens is 252 g/mol. The monoisotopic (exact) mass is 266 g/mol. The van der Waals surface area contributed by atoms with Crippen LogP contribution in [-0.2, 0) is 4.79 Å². The van der Waals surface area contributed by atoms with Crippen molar-refractivity contribution in [2.75, 3.05) is 18.6 Å². The number of nitro benzene ring substituents is 1. The van der Waals surface area contributed by atoms with Gasteiger partial charge in [0.1, 0.15) is 6.54 Å². The van der Waals surface area contributed by atoms with Crippen LogP contribution in [0.5, 0.6) is 5.75 Å². The van der Waals surface area contributed by atoms with Crippen molar-refractivity contribution in [1.29, 1.82) is 0 Å². The summed E-state index contributed by atoms with van der Waals surface area (Å²) in [5.41, 5.74) is 0.504. The Bertz CT molecular complexity index is 513. The van der Waals surface area contributed by atoms with E-state index in [0.29, 0.717) is 5.69 Å². The van der Waals surface area contributed by atoms with Crippen LogP contribution >= 0.6 is 0 Å². The molecule has 102 valence electrons. The van der Waals surface area contributed by atoms with Crippen molar-refractivity contribution < 1.29 is 19.6 Å². The molecule has 2 rings (SSSR count). The number of nitrogens with zero attached hydrogens (tertiary/aromatic N) is 2. The van der Waals surface area contributed by atoms with E-state index in [1.807, 2.05) is 0 Å². The number of aliphatic carboxylic acids is 1. The minimum atomic E-state index is -0.927. The number of anilines is 1. The molecule has 1 aromatic rings. The third-order valence-electron chi connectivity index (χ3n) is 2.98. The van der Waals surface area contributed by atoms with Crippen LogP contribution in [0.25, 0.3) is 0 Å². The fraction of sp³-hybridized carbons (Fsp3) is 0.417. The minimum absolute atomic E-state index is 0.119. The fourth-order valence-electron chi connectivity index (χ4n) is 1.96. The standard InChI is InChI=1S/C12H14N2O5/c1-19-11-6-9(4-5-10(11)14(17)18)13(7-12(15)16)8-2-3-8/h4-6,8H,2-3,7H2,1H3,(H,15,16). The van der Waals surface area contributed by atoms with E-state index in [0.717, 1.165) is 12.8 Å². The molecule has 0 saturated heterocycles. The van der Waals surface area contributed by atoms with Crippen molar-refractivity contribution >= 4 is 17.3 Å². The lowest BCUT2D eigenvalue weighted by atomic mass is 10.2. The molecule has 7 nitrogen and oxygen atoms in total. The minimum Gasteiger partial charge on any atom is -0.490 e. The van der Waals surface area contributed by atoms with E-state index >= 15 is 0 Å². The number of nitro groups is 1. The molecule has 0 heterocycles. The molecule has 1 N–H and O–H groups in total. The van der Waals surface area contributed by atoms with Crippen LogP contribution < -0.4 is 9.64 Å². The summed E-state index contributed by atoms with van der Waals surface area (Å²) in [6, 6.07) is 4.61. The predicted molar refractivity (Wildman–Crippen MR) is 67.7 cm³/mol. The lowest BCUT2D eigenvalue weighted by Gasteiger charge is -2.22. The van der Waals surface area contributed by atoms with Crippen LogP contribution in [0.3, 0.4) is 0 Å². The first-order valence-electron chi connectivity index (χ1n) is 5.83. The van der Waals surface area contributed by atoms with Gasteiger partial charge >= 0.3 is 11.7 Å². The molecule has 19 heavy (non-hydrogen) atoms. The Morgan fingerprint density at radius 3 is 2.74 bits per heavy atom. The van der Waals surface area contributed by atoms with Gasteiger partial charge in [0.05, 0.1) is 12.0 Å². The van der Waals surface area contributed by atoms with Gasteiger partial charge in [0.2, 0.25) is 0 Å². The van der Waals surface area contributed by atoms with Gasteiger partial charge in [0.15, 0.2) is 5.75 Å². The molecule has 1 fully saturated rings. The Morgan fingerprint density at radius 1 is 1.58 bits per heavy atom. The molecule has 7 heteroatoms. The third-order valence-corrected chi connectivity index (χ3v) is 2.98. The number of carboxylic acid groups (broad SMARTS) is 1. The number of hydrogen-bond donors (Lipinski definition) is 1. The molecule has 1 aliphatic carbocycles. The van der Waals surface area contributed by atoms with Gasteiger partial charge < -0.3 is 14.7 Å². The summed E-state index contributed by atoms with van der Waals surface area (Å²) in [5.74, 6) is -0.789. The number of rotatable bonds is 6. The summed E-state index contributed by atoms with van der Waals surface area (Å²) in [6.07, 6.45) is 1.87. The maximum atomic E-state index is 10.9. The zero-order chi connectivity index (χ0) is 14.0. The van der Waals surface area contributed by atoms with E-state index in [2.05, 4.69) is 0 Å². The highest BCUT2D eigenvalue weighted by molar-refractivity contribution is 5.75. The van der Waals surface area contributed by atoms with Crippen molar-refractivity contribution in [3.63, 3.8) is 0 Å². The van der Waals surface area contributed by atoms with Crippen LogP contribution in [-0.4, -0.2) is 35.7 Å². The van der Waals surface area contributed by atoms with Crippen LogP contribution in [0, 0.1) is 10.1 Å². The quantitative estimate of drug-likeness (QED) is 0.621. The summed E-state index contributed by atoms with van der Waals surface area (Å²) in [4.78, 5) is 22.9. The first-order chi connectivity index (χ1) is 9.02. The van der Waals surface area contributed by atoms with E-state index < -0.39 is 10.9 Å². The maximum absolute atomic E-state index is 10.9. The molecule has 0 unspecified atom stereocenters. The molecule has 0 aromatic heterocycles. The summed E-state index contributed by atoms with van der Waals surface area (Å²) >= 11 is 0. The normalized spacial score (nSPS) is 13.9. The number of ether oxygens (including phenoxy) is 1. The van der Waals surface area contributed by atoms with Gasteiger partial charge in [0.25, 0.3) is 0 Å². The number of carbonyl (C=O) groups is 1. The summed E-state index contributed by atoms with van der Waals surface area (Å²) in [7, 11) is 1.35. The SMILES string of the molecule is COc1cc(N(CC(=O)O)C2CC2)ccc1[N+](=O)[O-]. The fourth-order valence-corrected chi connectivity index (χ4v) is 1.96. The molecule has 0 radical (unpaired) electrons. The topological polar surface area (TPSA) is 92.9 Å². The Morgan fingerprint density at radius 2 is 2.26 bits per heavy atom. The smallest absolute Gasteiger partial charge is 0.323 e. The molecule has 1 saturated carbocycles. The second kappa shape index (κ2) is 5.13. The Labute approximate surface area is 109 Å². The third kappa shape index (κ3) is 2.93. The van der Waals surface area contributed by atoms with Crippen molar-refractivity contribution in [2.45, 2.75) is 18.9 Å². The van der Waals surface area contributed by atoms with Crippen molar-refractivity contribution in [3.05, 3.63) is 28.3 Å². The highest BCUT2D eigenvalue weighted by atomic mass is 16.6. The van der Waals surface area contributed by atoms with Crippen LogP contribution in [0.2, 0.25) is 0 Å². The van der Waals surface area contributed by atoms with Crippen molar-refractivity contribution in [2.24, 2.45) is 0 Å². The number of hydrogen-bond acceptors (Lipinski definition) is 5. The second-order valence-corrected chi connectivity index (χ2v) is 4.37. The molecule has 1 aliphatic rings.